The van der Waals surface area contributed by atoms with Crippen LogP contribution >= 0.6 is 0 Å². The normalized spacial score (nSPS) is 26.8. The molecule has 0 aliphatic carbocycles. The van der Waals surface area contributed by atoms with Crippen molar-refractivity contribution in [2.75, 3.05) is 12.4 Å². The van der Waals surface area contributed by atoms with E-state index in [0.717, 1.165) is 41.5 Å². The molecule has 7 heteroatoms. The molecule has 3 saturated heterocycles. The summed E-state index contributed by atoms with van der Waals surface area (Å²) in [7, 11) is 2.01. The summed E-state index contributed by atoms with van der Waals surface area (Å²) in [6.07, 6.45) is 3.88. The number of carbonyl (C=O) groups excluding carboxylic acids is 2. The second-order valence-electron chi connectivity index (χ2n) is 10.6. The average Bonchev–Trinajstić information content (AvgIpc) is 3.70. The van der Waals surface area contributed by atoms with Gasteiger partial charge >= 0.3 is 12.1 Å². The van der Waals surface area contributed by atoms with Crippen LogP contribution in [0, 0.1) is 0 Å². The smallest absolute Gasteiger partial charge is 0.461 e. The molecule has 5 atom stereocenters. The monoisotopic (exact) mass is 513 g/mol. The van der Waals surface area contributed by atoms with Crippen LogP contribution in [0.15, 0.2) is 78.9 Å². The Labute approximate surface area is 222 Å². The zero-order chi connectivity index (χ0) is 26.1. The van der Waals surface area contributed by atoms with Gasteiger partial charge in [-0.3, -0.25) is 14.9 Å². The van der Waals surface area contributed by atoms with E-state index in [4.69, 9.17) is 14.3 Å². The van der Waals surface area contributed by atoms with Crippen LogP contribution in [0.25, 0.3) is 11.1 Å². The number of quaternary nitrogens is 1. The third-order valence-electron chi connectivity index (χ3n) is 8.18. The summed E-state index contributed by atoms with van der Waals surface area (Å²) in [4.78, 5) is 31.7. The molecule has 3 fully saturated rings. The fourth-order valence-electron chi connectivity index (χ4n) is 6.19. The number of rotatable bonds is 8. The van der Waals surface area contributed by atoms with Gasteiger partial charge in [-0.2, -0.15) is 0 Å². The number of likely N-dealkylation sites (N-methyl/N-ethyl adjacent to an activating group) is 1. The SMILES string of the molecule is C[N+]1(OC(=O)Nc2cc(CCC(=O)OCc3ccccc3)ccc2-c2ccccc2)[C@@H]2CCC[C@H]1[C@@H]1O[C@@H]12. The predicted molar refractivity (Wildman–Crippen MR) is 143 cm³/mol. The zero-order valence-electron chi connectivity index (χ0n) is 21.5. The van der Waals surface area contributed by atoms with Crippen molar-refractivity contribution in [2.24, 2.45) is 0 Å². The number of fused-ring (bicyclic) bond motifs is 5. The standard InChI is InChI=1S/C31H32N2O5/c1-33(26-13-8-14-27(33)30-29(26)37-30)38-31(35)32-25-19-21(15-17-24(25)23-11-6-3-7-12-23)16-18-28(34)36-20-22-9-4-2-5-10-22/h2-7,9-12,15,17,19,26-27,29-30H,8,13-14,16,18,20H2,1H3/p+1/t26-,27+,29-,30+,33?. The Kier molecular flexibility index (Phi) is 6.64. The minimum atomic E-state index is -0.470. The van der Waals surface area contributed by atoms with Gasteiger partial charge in [-0.15, -0.1) is 4.65 Å². The molecular weight excluding hydrogens is 480 g/mol. The first-order valence-electron chi connectivity index (χ1n) is 13.4. The summed E-state index contributed by atoms with van der Waals surface area (Å²) in [6, 6.07) is 25.9. The minimum Gasteiger partial charge on any atom is -0.461 e. The van der Waals surface area contributed by atoms with E-state index in [1.54, 1.807) is 0 Å². The number of benzene rings is 3. The fraction of sp³-hybridized carbons (Fsp3) is 0.355. The predicted octanol–water partition coefficient (Wildman–Crippen LogP) is 5.64. The van der Waals surface area contributed by atoms with Gasteiger partial charge in [0.1, 0.15) is 25.9 Å². The van der Waals surface area contributed by atoms with E-state index in [9.17, 15) is 9.59 Å². The van der Waals surface area contributed by atoms with Gasteiger partial charge in [0.05, 0.1) is 5.69 Å². The number of amides is 1. The summed E-state index contributed by atoms with van der Waals surface area (Å²) < 4.78 is 11.5. The maximum atomic E-state index is 13.2. The van der Waals surface area contributed by atoms with Crippen molar-refractivity contribution < 1.29 is 28.5 Å². The molecule has 0 aromatic heterocycles. The molecule has 0 saturated carbocycles. The summed E-state index contributed by atoms with van der Waals surface area (Å²) in [5, 5.41) is 3.02. The van der Waals surface area contributed by atoms with Crippen molar-refractivity contribution >= 4 is 17.7 Å². The Hall–Kier alpha value is -3.68. The molecule has 1 unspecified atom stereocenters. The molecule has 0 radical (unpaired) electrons. The quantitative estimate of drug-likeness (QED) is 0.240. The number of epoxide rings is 1. The van der Waals surface area contributed by atoms with Crippen LogP contribution in [0.1, 0.15) is 36.8 Å². The number of esters is 1. The Morgan fingerprint density at radius 1 is 0.921 bits per heavy atom. The number of hydrogen-bond acceptors (Lipinski definition) is 5. The molecule has 6 rings (SSSR count). The fourth-order valence-corrected chi connectivity index (χ4v) is 6.19. The lowest BCUT2D eigenvalue weighted by Gasteiger charge is -2.41. The third kappa shape index (κ3) is 4.91. The van der Waals surface area contributed by atoms with Crippen molar-refractivity contribution in [2.45, 2.75) is 63.0 Å². The van der Waals surface area contributed by atoms with Gasteiger partial charge < -0.3 is 9.47 Å². The largest absolute Gasteiger partial charge is 0.466 e. The van der Waals surface area contributed by atoms with E-state index in [1.165, 1.54) is 0 Å². The number of piperidine rings is 1. The first kappa shape index (κ1) is 24.6. The van der Waals surface area contributed by atoms with Gasteiger partial charge in [-0.1, -0.05) is 72.8 Å². The Morgan fingerprint density at radius 3 is 2.32 bits per heavy atom. The summed E-state index contributed by atoms with van der Waals surface area (Å²) in [5.41, 5.74) is 4.44. The molecule has 3 heterocycles. The van der Waals surface area contributed by atoms with Crippen LogP contribution in [0.4, 0.5) is 10.5 Å². The third-order valence-corrected chi connectivity index (χ3v) is 8.18. The van der Waals surface area contributed by atoms with E-state index in [-0.39, 0.29) is 47.9 Å². The number of aryl methyl sites for hydroxylation is 1. The molecule has 0 spiro atoms. The topological polar surface area (TPSA) is 77.2 Å². The Morgan fingerprint density at radius 2 is 1.61 bits per heavy atom. The number of nitrogens with one attached hydrogen (secondary N) is 1. The number of morpholine rings is 1. The maximum absolute atomic E-state index is 13.2. The highest BCUT2D eigenvalue weighted by molar-refractivity contribution is 5.91. The molecule has 38 heavy (non-hydrogen) atoms. The average molecular weight is 514 g/mol. The molecule has 7 nitrogen and oxygen atoms in total. The molecule has 1 N–H and O–H groups in total. The van der Waals surface area contributed by atoms with E-state index in [1.807, 2.05) is 85.9 Å². The van der Waals surface area contributed by atoms with Crippen LogP contribution in [-0.4, -0.2) is 48.0 Å². The summed E-state index contributed by atoms with van der Waals surface area (Å²) in [5.74, 6) is -0.256. The number of carbonyl (C=O) groups is 2. The van der Waals surface area contributed by atoms with Crippen molar-refractivity contribution in [3.8, 4) is 11.1 Å². The molecule has 3 aliphatic heterocycles. The van der Waals surface area contributed by atoms with E-state index < -0.39 is 6.09 Å². The van der Waals surface area contributed by atoms with E-state index in [0.29, 0.717) is 12.1 Å². The highest BCUT2D eigenvalue weighted by atomic mass is 16.8. The van der Waals surface area contributed by atoms with Crippen molar-refractivity contribution in [1.29, 1.82) is 0 Å². The summed E-state index contributed by atoms with van der Waals surface area (Å²) >= 11 is 0. The lowest BCUT2D eigenvalue weighted by molar-refractivity contribution is -1.11. The molecule has 3 aromatic rings. The van der Waals surface area contributed by atoms with Gasteiger partial charge in [0.2, 0.25) is 0 Å². The van der Waals surface area contributed by atoms with Crippen molar-refractivity contribution in [3.05, 3.63) is 90.0 Å². The highest BCUT2D eigenvalue weighted by Gasteiger charge is 2.73. The van der Waals surface area contributed by atoms with Gasteiger partial charge in [0, 0.05) is 24.8 Å². The number of hydroxylamine groups is 3. The van der Waals surface area contributed by atoms with Crippen molar-refractivity contribution in [1.82, 2.24) is 0 Å². The van der Waals surface area contributed by atoms with Gasteiger partial charge in [0.25, 0.3) is 0 Å². The second kappa shape index (κ2) is 10.2. The van der Waals surface area contributed by atoms with E-state index in [2.05, 4.69) is 5.32 Å². The van der Waals surface area contributed by atoms with Gasteiger partial charge in [0.15, 0.2) is 12.1 Å². The molecule has 196 valence electrons. The molecular formula is C31H33N2O5+. The van der Waals surface area contributed by atoms with Gasteiger partial charge in [-0.25, -0.2) is 4.79 Å². The molecule has 2 bridgehead atoms. The summed E-state index contributed by atoms with van der Waals surface area (Å²) in [6.45, 7) is 0.261. The van der Waals surface area contributed by atoms with Crippen molar-refractivity contribution in [3.63, 3.8) is 0 Å². The number of anilines is 1. The highest BCUT2D eigenvalue weighted by Crippen LogP contribution is 2.52. The van der Waals surface area contributed by atoms with Crippen LogP contribution in [0.3, 0.4) is 0 Å². The molecule has 3 aromatic carbocycles. The minimum absolute atomic E-state index is 0.200. The number of nitrogens with zero attached hydrogens (tertiary/aromatic N) is 1. The Balaban J connectivity index is 1.15. The second-order valence-corrected chi connectivity index (χ2v) is 10.6. The van der Waals surface area contributed by atoms with Crippen LogP contribution in [0.5, 0.6) is 0 Å². The lowest BCUT2D eigenvalue weighted by atomic mass is 9.99. The first-order chi connectivity index (χ1) is 18.5. The molecule has 3 aliphatic rings. The Bertz CT molecular complexity index is 1300. The molecule has 1 amide bonds. The lowest BCUT2D eigenvalue weighted by Crippen LogP contribution is -2.60. The van der Waals surface area contributed by atoms with Crippen LogP contribution < -0.4 is 5.32 Å². The zero-order valence-corrected chi connectivity index (χ0v) is 21.5. The number of hydrogen-bond donors (Lipinski definition) is 1. The first-order valence-corrected chi connectivity index (χ1v) is 13.4. The van der Waals surface area contributed by atoms with E-state index >= 15 is 0 Å². The number of ether oxygens (including phenoxy) is 2. The van der Waals surface area contributed by atoms with Gasteiger partial charge in [-0.05, 0) is 35.6 Å². The maximum Gasteiger partial charge on any atom is 0.466 e. The van der Waals surface area contributed by atoms with Crippen LogP contribution in [0.2, 0.25) is 0 Å². The van der Waals surface area contributed by atoms with Crippen LogP contribution in [-0.2, 0) is 32.1 Å².